The molecule has 20 heavy (non-hydrogen) atoms. The summed E-state index contributed by atoms with van der Waals surface area (Å²) in [6.45, 7) is 2.33. The van der Waals surface area contributed by atoms with Crippen LogP contribution in [0.1, 0.15) is 12.5 Å². The van der Waals surface area contributed by atoms with Gasteiger partial charge in [-0.25, -0.2) is 0 Å². The molecule has 1 aromatic carbocycles. The van der Waals surface area contributed by atoms with Gasteiger partial charge in [0.15, 0.2) is 0 Å². The Morgan fingerprint density at radius 3 is 2.70 bits per heavy atom. The third-order valence-electron chi connectivity index (χ3n) is 3.77. The number of rotatable bonds is 6. The Balaban J connectivity index is 1.89. The van der Waals surface area contributed by atoms with E-state index < -0.39 is 12.1 Å². The van der Waals surface area contributed by atoms with Gasteiger partial charge in [0.25, 0.3) is 0 Å². The van der Waals surface area contributed by atoms with Crippen LogP contribution >= 0.6 is 0 Å². The van der Waals surface area contributed by atoms with Gasteiger partial charge in [0.1, 0.15) is 0 Å². The molecule has 1 aliphatic carbocycles. The topological polar surface area (TPSA) is 72.6 Å². The molecule has 1 aliphatic rings. The molecule has 5 nitrogen and oxygen atoms in total. The molecule has 1 N–H and O–H groups in total. The van der Waals surface area contributed by atoms with E-state index in [1.807, 2.05) is 30.3 Å². The Hall–Kier alpha value is -1.72. The van der Waals surface area contributed by atoms with Gasteiger partial charge in [-0.1, -0.05) is 42.5 Å². The van der Waals surface area contributed by atoms with E-state index in [0.29, 0.717) is 13.2 Å². The lowest BCUT2D eigenvalue weighted by molar-refractivity contribution is -0.527. The van der Waals surface area contributed by atoms with Crippen LogP contribution in [0.4, 0.5) is 0 Å². The summed E-state index contributed by atoms with van der Waals surface area (Å²) in [4.78, 5) is 10.6. The highest BCUT2D eigenvalue weighted by atomic mass is 16.6. The summed E-state index contributed by atoms with van der Waals surface area (Å²) in [6.07, 6.45) is 2.69. The van der Waals surface area contributed by atoms with Crippen LogP contribution in [0.15, 0.2) is 42.5 Å². The van der Waals surface area contributed by atoms with Crippen molar-refractivity contribution in [3.63, 3.8) is 0 Å². The molecule has 1 aromatic rings. The Morgan fingerprint density at radius 1 is 1.35 bits per heavy atom. The summed E-state index contributed by atoms with van der Waals surface area (Å²) >= 11 is 0. The Kier molecular flexibility index (Phi) is 4.87. The van der Waals surface area contributed by atoms with Crippen molar-refractivity contribution in [3.05, 3.63) is 58.2 Å². The average molecular weight is 277 g/mol. The summed E-state index contributed by atoms with van der Waals surface area (Å²) in [5, 5.41) is 20.8. The summed E-state index contributed by atoms with van der Waals surface area (Å²) in [6, 6.07) is 9.00. The first kappa shape index (κ1) is 14.7. The lowest BCUT2D eigenvalue weighted by Crippen LogP contribution is -2.35. The third kappa shape index (κ3) is 3.43. The lowest BCUT2D eigenvalue weighted by Gasteiger charge is -2.22. The summed E-state index contributed by atoms with van der Waals surface area (Å²) in [5.74, 6) is -0.533. The Labute approximate surface area is 118 Å². The molecule has 4 atom stereocenters. The maximum Gasteiger partial charge on any atom is 0.217 e. The van der Waals surface area contributed by atoms with Crippen molar-refractivity contribution in [2.45, 2.75) is 25.7 Å². The normalized spacial score (nSPS) is 26.6. The number of aliphatic hydroxyl groups is 1. The fraction of sp³-hybridized carbons (Fsp3) is 0.467. The summed E-state index contributed by atoms with van der Waals surface area (Å²) in [5.41, 5.74) is 1.05. The number of nitrogens with zero attached hydrogens (tertiary/aromatic N) is 1. The highest BCUT2D eigenvalue weighted by Gasteiger charge is 2.39. The van der Waals surface area contributed by atoms with Crippen molar-refractivity contribution >= 4 is 0 Å². The molecule has 0 aromatic heterocycles. The van der Waals surface area contributed by atoms with Crippen molar-refractivity contribution in [1.82, 2.24) is 0 Å². The van der Waals surface area contributed by atoms with E-state index >= 15 is 0 Å². The predicted molar refractivity (Wildman–Crippen MR) is 74.7 cm³/mol. The molecule has 0 spiro atoms. The predicted octanol–water partition coefficient (Wildman–Crippen LogP) is 2.03. The number of aliphatic hydroxyl groups excluding tert-OH is 1. The molecule has 5 heteroatoms. The third-order valence-corrected chi connectivity index (χ3v) is 3.77. The van der Waals surface area contributed by atoms with Crippen molar-refractivity contribution in [2.75, 3.05) is 6.61 Å². The molecular weight excluding hydrogens is 258 g/mol. The molecule has 2 rings (SSSR count). The van der Waals surface area contributed by atoms with Gasteiger partial charge in [-0.2, -0.15) is 0 Å². The molecule has 0 saturated heterocycles. The second-order valence-corrected chi connectivity index (χ2v) is 5.14. The van der Waals surface area contributed by atoms with E-state index in [1.54, 1.807) is 19.1 Å². The first-order chi connectivity index (χ1) is 9.59. The smallest absolute Gasteiger partial charge is 0.217 e. The van der Waals surface area contributed by atoms with Crippen LogP contribution in [0.25, 0.3) is 0 Å². The van der Waals surface area contributed by atoms with Gasteiger partial charge in [0.2, 0.25) is 6.04 Å². The molecule has 0 heterocycles. The van der Waals surface area contributed by atoms with Crippen molar-refractivity contribution in [3.8, 4) is 0 Å². The Morgan fingerprint density at radius 2 is 2.05 bits per heavy atom. The second-order valence-electron chi connectivity index (χ2n) is 5.14. The molecule has 1 unspecified atom stereocenters. The molecule has 0 amide bonds. The van der Waals surface area contributed by atoms with Crippen LogP contribution in [0.2, 0.25) is 0 Å². The van der Waals surface area contributed by atoms with Crippen LogP contribution in [0.5, 0.6) is 0 Å². The van der Waals surface area contributed by atoms with Crippen LogP contribution in [-0.4, -0.2) is 28.8 Å². The highest BCUT2D eigenvalue weighted by Crippen LogP contribution is 2.30. The highest BCUT2D eigenvalue weighted by molar-refractivity contribution is 5.13. The number of benzene rings is 1. The standard InChI is InChI=1S/C15H19NO4/c1-11(16(18)19)13-7-8-15(17)14(13)10-20-9-12-5-3-2-4-6-12/h2-8,11,13-15,17H,9-10H2,1H3/t11?,13-,14-,15-/m0/s1. The van der Waals surface area contributed by atoms with Crippen LogP contribution in [-0.2, 0) is 11.3 Å². The van der Waals surface area contributed by atoms with Gasteiger partial charge in [0, 0.05) is 17.8 Å². The zero-order valence-electron chi connectivity index (χ0n) is 11.4. The van der Waals surface area contributed by atoms with Crippen molar-refractivity contribution < 1.29 is 14.8 Å². The van der Waals surface area contributed by atoms with Gasteiger partial charge in [-0.15, -0.1) is 0 Å². The molecule has 0 aliphatic heterocycles. The molecule has 108 valence electrons. The Bertz CT molecular complexity index is 474. The van der Waals surface area contributed by atoms with Gasteiger partial charge in [0.05, 0.1) is 25.2 Å². The lowest BCUT2D eigenvalue weighted by atomic mass is 9.89. The largest absolute Gasteiger partial charge is 0.389 e. The molecular formula is C15H19NO4. The van der Waals surface area contributed by atoms with Gasteiger partial charge >= 0.3 is 0 Å². The maximum absolute atomic E-state index is 10.9. The van der Waals surface area contributed by atoms with Crippen LogP contribution in [0, 0.1) is 22.0 Å². The van der Waals surface area contributed by atoms with Crippen molar-refractivity contribution in [1.29, 1.82) is 0 Å². The molecule has 0 saturated carbocycles. The van der Waals surface area contributed by atoms with Gasteiger partial charge < -0.3 is 9.84 Å². The van der Waals surface area contributed by atoms with Gasteiger partial charge in [-0.3, -0.25) is 10.1 Å². The number of hydrogen-bond donors (Lipinski definition) is 1. The fourth-order valence-corrected chi connectivity index (χ4v) is 2.51. The maximum atomic E-state index is 10.9. The SMILES string of the molecule is CC([C@@H]1C=C[C@H](O)[C@H]1COCc1ccccc1)[N+](=O)[O-]. The zero-order chi connectivity index (χ0) is 14.5. The zero-order valence-corrected chi connectivity index (χ0v) is 11.4. The average Bonchev–Trinajstić information content (AvgIpc) is 2.80. The monoisotopic (exact) mass is 277 g/mol. The summed E-state index contributed by atoms with van der Waals surface area (Å²) in [7, 11) is 0. The van der Waals surface area contributed by atoms with E-state index in [-0.39, 0.29) is 16.8 Å². The number of hydrogen-bond acceptors (Lipinski definition) is 4. The van der Waals surface area contributed by atoms with E-state index in [9.17, 15) is 15.2 Å². The number of ether oxygens (including phenoxy) is 1. The van der Waals surface area contributed by atoms with Crippen LogP contribution < -0.4 is 0 Å². The molecule has 0 radical (unpaired) electrons. The quantitative estimate of drug-likeness (QED) is 0.490. The van der Waals surface area contributed by atoms with E-state index in [1.165, 1.54) is 0 Å². The minimum Gasteiger partial charge on any atom is -0.389 e. The van der Waals surface area contributed by atoms with Gasteiger partial charge in [-0.05, 0) is 5.56 Å². The molecule has 0 fully saturated rings. The second kappa shape index (κ2) is 6.63. The van der Waals surface area contributed by atoms with Crippen LogP contribution in [0.3, 0.4) is 0 Å². The molecule has 0 bridgehead atoms. The first-order valence-corrected chi connectivity index (χ1v) is 6.71. The summed E-state index contributed by atoms with van der Waals surface area (Å²) < 4.78 is 5.61. The van der Waals surface area contributed by atoms with E-state index in [4.69, 9.17) is 4.74 Å². The van der Waals surface area contributed by atoms with E-state index in [0.717, 1.165) is 5.56 Å². The fourth-order valence-electron chi connectivity index (χ4n) is 2.51. The van der Waals surface area contributed by atoms with Crippen molar-refractivity contribution in [2.24, 2.45) is 11.8 Å². The number of nitro groups is 1. The minimum absolute atomic E-state index is 0.251. The van der Waals surface area contributed by atoms with E-state index in [2.05, 4.69) is 0 Å². The first-order valence-electron chi connectivity index (χ1n) is 6.71. The minimum atomic E-state index is -0.714.